The van der Waals surface area contributed by atoms with Gasteiger partial charge < -0.3 is 20.5 Å². The first-order chi connectivity index (χ1) is 14.2. The minimum absolute atomic E-state index is 0. The van der Waals surface area contributed by atoms with Crippen molar-refractivity contribution in [1.29, 1.82) is 0 Å². The number of aromatic amines is 1. The summed E-state index contributed by atoms with van der Waals surface area (Å²) in [6.45, 7) is 2.95. The molecule has 0 saturated carbocycles. The van der Waals surface area contributed by atoms with Gasteiger partial charge in [0.2, 0.25) is 0 Å². The first-order valence-electron chi connectivity index (χ1n) is 10.3. The van der Waals surface area contributed by atoms with Gasteiger partial charge >= 0.3 is 0 Å². The number of rotatable bonds is 5. The molecule has 1 aliphatic rings. The van der Waals surface area contributed by atoms with Crippen LogP contribution in [0.1, 0.15) is 18.4 Å². The number of benzene rings is 2. The van der Waals surface area contributed by atoms with Gasteiger partial charge in [0, 0.05) is 60.5 Å². The summed E-state index contributed by atoms with van der Waals surface area (Å²) in [4.78, 5) is 10.2. The predicted molar refractivity (Wildman–Crippen MR) is 139 cm³/mol. The van der Waals surface area contributed by atoms with E-state index >= 15 is 0 Å². The quantitative estimate of drug-likeness (QED) is 0.249. The lowest BCUT2D eigenvalue weighted by atomic mass is 10.0. The number of para-hydroxylation sites is 1. The van der Waals surface area contributed by atoms with Crippen LogP contribution < -0.4 is 15.5 Å². The third kappa shape index (κ3) is 5.60. The van der Waals surface area contributed by atoms with E-state index < -0.39 is 0 Å². The van der Waals surface area contributed by atoms with Gasteiger partial charge in [0.25, 0.3) is 0 Å². The zero-order chi connectivity index (χ0) is 20.1. The van der Waals surface area contributed by atoms with E-state index in [1.807, 2.05) is 25.2 Å². The van der Waals surface area contributed by atoms with Crippen molar-refractivity contribution >= 4 is 58.1 Å². The van der Waals surface area contributed by atoms with E-state index in [0.29, 0.717) is 6.04 Å². The molecule has 0 amide bonds. The molecule has 0 spiro atoms. The zero-order valence-corrected chi connectivity index (χ0v) is 20.3. The topological polar surface area (TPSA) is 55.5 Å². The van der Waals surface area contributed by atoms with E-state index in [-0.39, 0.29) is 24.0 Å². The number of anilines is 1. The van der Waals surface area contributed by atoms with Crippen LogP contribution in [0.4, 0.5) is 5.69 Å². The molecule has 4 rings (SSSR count). The molecule has 3 aromatic rings. The molecule has 1 aliphatic heterocycles. The first-order valence-corrected chi connectivity index (χ1v) is 10.6. The molecule has 5 nitrogen and oxygen atoms in total. The summed E-state index contributed by atoms with van der Waals surface area (Å²) in [6, 6.07) is 17.1. The lowest BCUT2D eigenvalue weighted by Gasteiger charge is -2.34. The van der Waals surface area contributed by atoms with E-state index in [4.69, 9.17) is 11.6 Å². The second-order valence-electron chi connectivity index (χ2n) is 7.49. The predicted octanol–water partition coefficient (Wildman–Crippen LogP) is 4.82. The number of hydrogen-bond acceptors (Lipinski definition) is 2. The second-order valence-corrected chi connectivity index (χ2v) is 7.93. The summed E-state index contributed by atoms with van der Waals surface area (Å²) < 4.78 is 0. The Labute approximate surface area is 200 Å². The number of guanidine groups is 1. The maximum Gasteiger partial charge on any atom is 0.191 e. The Morgan fingerprint density at radius 3 is 2.67 bits per heavy atom. The minimum atomic E-state index is 0. The fourth-order valence-electron chi connectivity index (χ4n) is 3.98. The number of nitrogens with one attached hydrogen (secondary N) is 3. The summed E-state index contributed by atoms with van der Waals surface area (Å²) >= 11 is 6.15. The molecule has 0 radical (unpaired) electrons. The van der Waals surface area contributed by atoms with Crippen LogP contribution in [0, 0.1) is 0 Å². The molecule has 0 atom stereocenters. The molecule has 160 valence electrons. The van der Waals surface area contributed by atoms with Crippen LogP contribution in [0.3, 0.4) is 0 Å². The fraction of sp³-hybridized carbons (Fsp3) is 0.348. The number of hydrogen-bond donors (Lipinski definition) is 3. The second kappa shape index (κ2) is 10.9. The number of aliphatic imine (C=N–C) groups is 1. The van der Waals surface area contributed by atoms with Gasteiger partial charge in [-0.25, -0.2) is 0 Å². The number of aromatic nitrogens is 1. The van der Waals surface area contributed by atoms with Crippen molar-refractivity contribution in [3.8, 4) is 0 Å². The van der Waals surface area contributed by atoms with Crippen LogP contribution in [0.15, 0.2) is 59.7 Å². The summed E-state index contributed by atoms with van der Waals surface area (Å²) in [6.07, 6.45) is 5.19. The largest absolute Gasteiger partial charge is 0.371 e. The molecular formula is C23H29ClIN5. The van der Waals surface area contributed by atoms with Gasteiger partial charge in [-0.1, -0.05) is 29.8 Å². The Morgan fingerprint density at radius 1 is 1.17 bits per heavy atom. The van der Waals surface area contributed by atoms with Gasteiger partial charge in [-0.3, -0.25) is 4.99 Å². The fourth-order valence-corrected chi connectivity index (χ4v) is 4.15. The van der Waals surface area contributed by atoms with Gasteiger partial charge in [0.1, 0.15) is 0 Å². The van der Waals surface area contributed by atoms with Crippen molar-refractivity contribution < 1.29 is 0 Å². The van der Waals surface area contributed by atoms with Crippen LogP contribution in [-0.4, -0.2) is 43.7 Å². The molecule has 7 heteroatoms. The molecule has 0 aliphatic carbocycles. The van der Waals surface area contributed by atoms with E-state index in [0.717, 1.165) is 55.4 Å². The molecule has 1 saturated heterocycles. The van der Waals surface area contributed by atoms with Crippen molar-refractivity contribution in [2.24, 2.45) is 4.99 Å². The van der Waals surface area contributed by atoms with Crippen molar-refractivity contribution in [1.82, 2.24) is 15.6 Å². The minimum Gasteiger partial charge on any atom is -0.371 e. The molecule has 0 unspecified atom stereocenters. The van der Waals surface area contributed by atoms with E-state index in [1.165, 1.54) is 16.6 Å². The molecular weight excluding hydrogens is 509 g/mol. The Bertz CT molecular complexity index is 964. The SMILES string of the molecule is CN=C(NCCc1c[nH]c2ccc(Cl)cc12)NC1CCN(c2ccccc2)CC1.I. The number of H-pyrrole nitrogens is 1. The average Bonchev–Trinajstić information content (AvgIpc) is 3.16. The molecule has 1 fully saturated rings. The maximum atomic E-state index is 6.15. The molecule has 30 heavy (non-hydrogen) atoms. The Balaban J connectivity index is 0.00000256. The van der Waals surface area contributed by atoms with Crippen LogP contribution in [0.5, 0.6) is 0 Å². The molecule has 0 bridgehead atoms. The van der Waals surface area contributed by atoms with Crippen molar-refractivity contribution in [2.75, 3.05) is 31.6 Å². The highest BCUT2D eigenvalue weighted by Crippen LogP contribution is 2.22. The first kappa shape index (κ1) is 22.7. The standard InChI is InChI=1S/C23H28ClN5.HI/c1-25-23(26-12-9-17-16-27-22-8-7-18(24)15-21(17)22)28-19-10-13-29(14-11-19)20-5-3-2-4-6-20;/h2-8,15-16,19,27H,9-14H2,1H3,(H2,25,26,28);1H. The average molecular weight is 538 g/mol. The van der Waals surface area contributed by atoms with Crippen molar-refractivity contribution in [3.63, 3.8) is 0 Å². The van der Waals surface area contributed by atoms with Crippen LogP contribution >= 0.6 is 35.6 Å². The smallest absolute Gasteiger partial charge is 0.191 e. The van der Waals surface area contributed by atoms with Crippen LogP contribution in [0.25, 0.3) is 10.9 Å². The lowest BCUT2D eigenvalue weighted by molar-refractivity contribution is 0.461. The Kier molecular flexibility index (Phi) is 8.27. The maximum absolute atomic E-state index is 6.15. The van der Waals surface area contributed by atoms with Gasteiger partial charge in [-0.2, -0.15) is 0 Å². The molecule has 2 aromatic carbocycles. The molecule has 3 N–H and O–H groups in total. The summed E-state index contributed by atoms with van der Waals surface area (Å²) in [5, 5.41) is 9.00. The van der Waals surface area contributed by atoms with Crippen LogP contribution in [0.2, 0.25) is 5.02 Å². The van der Waals surface area contributed by atoms with Gasteiger partial charge in [-0.05, 0) is 55.2 Å². The van der Waals surface area contributed by atoms with Gasteiger partial charge in [-0.15, -0.1) is 24.0 Å². The highest BCUT2D eigenvalue weighted by molar-refractivity contribution is 14.0. The Hall–Kier alpha value is -1.93. The molecule has 1 aromatic heterocycles. The third-order valence-electron chi connectivity index (χ3n) is 5.60. The third-order valence-corrected chi connectivity index (χ3v) is 5.83. The highest BCUT2D eigenvalue weighted by atomic mass is 127. The normalized spacial score (nSPS) is 15.1. The summed E-state index contributed by atoms with van der Waals surface area (Å²) in [5.41, 5.74) is 3.70. The number of fused-ring (bicyclic) bond motifs is 1. The monoisotopic (exact) mass is 537 g/mol. The van der Waals surface area contributed by atoms with Gasteiger partial charge in [0.05, 0.1) is 0 Å². The number of piperidine rings is 1. The van der Waals surface area contributed by atoms with Crippen molar-refractivity contribution in [3.05, 3.63) is 65.3 Å². The zero-order valence-electron chi connectivity index (χ0n) is 17.2. The van der Waals surface area contributed by atoms with Gasteiger partial charge in [0.15, 0.2) is 5.96 Å². The molecule has 2 heterocycles. The van der Waals surface area contributed by atoms with E-state index in [2.05, 4.69) is 62.0 Å². The highest BCUT2D eigenvalue weighted by Gasteiger charge is 2.20. The van der Waals surface area contributed by atoms with Crippen molar-refractivity contribution in [2.45, 2.75) is 25.3 Å². The summed E-state index contributed by atoms with van der Waals surface area (Å²) in [5.74, 6) is 0.876. The van der Waals surface area contributed by atoms with E-state index in [1.54, 1.807) is 0 Å². The lowest BCUT2D eigenvalue weighted by Crippen LogP contribution is -2.49. The number of nitrogens with zero attached hydrogens (tertiary/aromatic N) is 2. The van der Waals surface area contributed by atoms with E-state index in [9.17, 15) is 0 Å². The van der Waals surface area contributed by atoms with Crippen LogP contribution in [-0.2, 0) is 6.42 Å². The summed E-state index contributed by atoms with van der Waals surface area (Å²) in [7, 11) is 1.83. The number of halogens is 2. The Morgan fingerprint density at radius 2 is 1.93 bits per heavy atom.